The predicted molar refractivity (Wildman–Crippen MR) is 77.8 cm³/mol. The fourth-order valence-corrected chi connectivity index (χ4v) is 3.06. The highest BCUT2D eigenvalue weighted by molar-refractivity contribution is 5.87. The molecule has 0 aromatic rings. The molecule has 0 radical (unpaired) electrons. The first-order valence-electron chi connectivity index (χ1n) is 7.29. The second-order valence-corrected chi connectivity index (χ2v) is 5.95. The summed E-state index contributed by atoms with van der Waals surface area (Å²) in [6, 6.07) is -0.265. The van der Waals surface area contributed by atoms with Gasteiger partial charge < -0.3 is 20.2 Å². The zero-order chi connectivity index (χ0) is 15.3. The lowest BCUT2D eigenvalue weighted by Crippen LogP contribution is -2.57. The van der Waals surface area contributed by atoms with E-state index in [9.17, 15) is 14.7 Å². The number of aliphatic carboxylic acids is 1. The van der Waals surface area contributed by atoms with E-state index in [0.29, 0.717) is 19.4 Å². The van der Waals surface area contributed by atoms with E-state index in [-0.39, 0.29) is 12.1 Å². The molecular formula is C14H27N3O3. The minimum absolute atomic E-state index is 0.00813. The molecule has 0 aromatic heterocycles. The van der Waals surface area contributed by atoms with Crippen LogP contribution in [0.25, 0.3) is 0 Å². The summed E-state index contributed by atoms with van der Waals surface area (Å²) in [5, 5.41) is 12.5. The van der Waals surface area contributed by atoms with E-state index >= 15 is 0 Å². The second-order valence-electron chi connectivity index (χ2n) is 5.95. The summed E-state index contributed by atoms with van der Waals surface area (Å²) in [5.74, 6) is -0.882. The molecule has 6 nitrogen and oxygen atoms in total. The Morgan fingerprint density at radius 1 is 1.45 bits per heavy atom. The number of hydrogen-bond acceptors (Lipinski definition) is 3. The topological polar surface area (TPSA) is 72.9 Å². The Hall–Kier alpha value is -1.30. The van der Waals surface area contributed by atoms with Gasteiger partial charge >= 0.3 is 12.0 Å². The van der Waals surface area contributed by atoms with Crippen LogP contribution < -0.4 is 5.32 Å². The molecule has 2 unspecified atom stereocenters. The molecule has 20 heavy (non-hydrogen) atoms. The van der Waals surface area contributed by atoms with Gasteiger partial charge in [-0.25, -0.2) is 9.59 Å². The monoisotopic (exact) mass is 285 g/mol. The van der Waals surface area contributed by atoms with Gasteiger partial charge in [0, 0.05) is 19.1 Å². The van der Waals surface area contributed by atoms with Crippen molar-refractivity contribution in [3.05, 3.63) is 0 Å². The number of carbonyl (C=O) groups is 2. The van der Waals surface area contributed by atoms with E-state index in [0.717, 1.165) is 19.4 Å². The number of carboxylic acid groups (broad SMARTS) is 1. The molecule has 1 rings (SSSR count). The first kappa shape index (κ1) is 16.8. The predicted octanol–water partition coefficient (Wildman–Crippen LogP) is 1.37. The second kappa shape index (κ2) is 6.92. The third kappa shape index (κ3) is 3.62. The number of urea groups is 1. The number of nitrogens with one attached hydrogen (secondary N) is 1. The molecule has 6 heteroatoms. The maximum atomic E-state index is 12.4. The third-order valence-corrected chi connectivity index (χ3v) is 3.80. The van der Waals surface area contributed by atoms with Gasteiger partial charge in [-0.1, -0.05) is 13.3 Å². The van der Waals surface area contributed by atoms with Gasteiger partial charge in [0.2, 0.25) is 0 Å². The maximum Gasteiger partial charge on any atom is 0.329 e. The van der Waals surface area contributed by atoms with Gasteiger partial charge in [-0.15, -0.1) is 0 Å². The van der Waals surface area contributed by atoms with Gasteiger partial charge in [0.05, 0.1) is 0 Å². The van der Waals surface area contributed by atoms with Crippen molar-refractivity contribution in [3.63, 3.8) is 0 Å². The van der Waals surface area contributed by atoms with E-state index in [1.807, 2.05) is 32.8 Å². The van der Waals surface area contributed by atoms with Crippen molar-refractivity contribution in [2.75, 3.05) is 27.2 Å². The lowest BCUT2D eigenvalue weighted by atomic mass is 9.91. The quantitative estimate of drug-likeness (QED) is 0.773. The van der Waals surface area contributed by atoms with Crippen LogP contribution in [0.5, 0.6) is 0 Å². The number of nitrogens with zero attached hydrogens (tertiary/aromatic N) is 2. The average Bonchev–Trinajstić information content (AvgIpc) is 2.73. The van der Waals surface area contributed by atoms with E-state index in [1.165, 1.54) is 4.90 Å². The molecule has 1 aliphatic heterocycles. The van der Waals surface area contributed by atoms with Crippen LogP contribution in [0.3, 0.4) is 0 Å². The molecule has 2 atom stereocenters. The van der Waals surface area contributed by atoms with Crippen LogP contribution in [0.4, 0.5) is 4.79 Å². The molecule has 0 aliphatic carbocycles. The van der Waals surface area contributed by atoms with E-state index < -0.39 is 11.5 Å². The molecule has 0 bridgehead atoms. The Kier molecular flexibility index (Phi) is 5.80. The lowest BCUT2D eigenvalue weighted by molar-refractivity contribution is -0.148. The zero-order valence-electron chi connectivity index (χ0n) is 13.0. The van der Waals surface area contributed by atoms with Gasteiger partial charge in [-0.05, 0) is 40.3 Å². The number of likely N-dealkylation sites (tertiary alicyclic amines) is 1. The SMILES string of the molecule is CCCC1(C(=O)O)CCCN1C(=O)NC(C)CN(C)C. The third-order valence-electron chi connectivity index (χ3n) is 3.80. The van der Waals surface area contributed by atoms with Gasteiger partial charge in [0.15, 0.2) is 0 Å². The van der Waals surface area contributed by atoms with Crippen LogP contribution in [0.15, 0.2) is 0 Å². The van der Waals surface area contributed by atoms with E-state index in [2.05, 4.69) is 5.32 Å². The van der Waals surface area contributed by atoms with Gasteiger partial charge in [-0.2, -0.15) is 0 Å². The van der Waals surface area contributed by atoms with Gasteiger partial charge in [-0.3, -0.25) is 0 Å². The molecule has 1 aliphatic rings. The highest BCUT2D eigenvalue weighted by Gasteiger charge is 2.49. The van der Waals surface area contributed by atoms with Crippen LogP contribution in [-0.2, 0) is 4.79 Å². The Balaban J connectivity index is 2.77. The molecule has 1 fully saturated rings. The number of carboxylic acids is 1. The van der Waals surface area contributed by atoms with Gasteiger partial charge in [0.1, 0.15) is 5.54 Å². The molecule has 2 N–H and O–H groups in total. The Morgan fingerprint density at radius 2 is 2.10 bits per heavy atom. The molecule has 0 aromatic carbocycles. The van der Waals surface area contributed by atoms with Crippen LogP contribution in [0.2, 0.25) is 0 Å². The van der Waals surface area contributed by atoms with Crippen molar-refractivity contribution in [3.8, 4) is 0 Å². The smallest absolute Gasteiger partial charge is 0.329 e. The molecule has 116 valence electrons. The molecule has 1 saturated heterocycles. The standard InChI is InChI=1S/C14H27N3O3/c1-5-7-14(12(18)19)8-6-9-17(14)13(20)15-11(2)10-16(3)4/h11H,5-10H2,1-4H3,(H,15,20)(H,18,19). The summed E-state index contributed by atoms with van der Waals surface area (Å²) >= 11 is 0. The fraction of sp³-hybridized carbons (Fsp3) is 0.857. The highest BCUT2D eigenvalue weighted by atomic mass is 16.4. The first-order chi connectivity index (χ1) is 9.33. The largest absolute Gasteiger partial charge is 0.479 e. The number of likely N-dealkylation sites (N-methyl/N-ethyl adjacent to an activating group) is 1. The summed E-state index contributed by atoms with van der Waals surface area (Å²) in [4.78, 5) is 27.5. The van der Waals surface area contributed by atoms with Crippen LogP contribution in [0, 0.1) is 0 Å². The number of hydrogen-bond donors (Lipinski definition) is 2. The van der Waals surface area contributed by atoms with Crippen LogP contribution in [0.1, 0.15) is 39.5 Å². The molecule has 1 heterocycles. The molecular weight excluding hydrogens is 258 g/mol. The maximum absolute atomic E-state index is 12.4. The van der Waals surface area contributed by atoms with Crippen molar-refractivity contribution >= 4 is 12.0 Å². The normalized spacial score (nSPS) is 23.9. The average molecular weight is 285 g/mol. The Bertz CT molecular complexity index is 360. The van der Waals surface area contributed by atoms with Crippen LogP contribution >= 0.6 is 0 Å². The Labute approximate surface area is 121 Å². The molecule has 0 spiro atoms. The zero-order valence-corrected chi connectivity index (χ0v) is 13.0. The summed E-state index contributed by atoms with van der Waals surface area (Å²) in [7, 11) is 3.88. The number of rotatable bonds is 6. The summed E-state index contributed by atoms with van der Waals surface area (Å²) in [5.41, 5.74) is -1.02. The summed E-state index contributed by atoms with van der Waals surface area (Å²) < 4.78 is 0. The van der Waals surface area contributed by atoms with Crippen molar-refractivity contribution in [2.24, 2.45) is 0 Å². The van der Waals surface area contributed by atoms with Crippen LogP contribution in [-0.4, -0.2) is 65.7 Å². The summed E-state index contributed by atoms with van der Waals surface area (Å²) in [6.45, 7) is 5.13. The lowest BCUT2D eigenvalue weighted by Gasteiger charge is -2.35. The number of carbonyl (C=O) groups excluding carboxylic acids is 1. The van der Waals surface area contributed by atoms with E-state index in [4.69, 9.17) is 0 Å². The first-order valence-corrected chi connectivity index (χ1v) is 7.29. The molecule has 2 amide bonds. The summed E-state index contributed by atoms with van der Waals surface area (Å²) in [6.07, 6.45) is 2.56. The number of amides is 2. The van der Waals surface area contributed by atoms with Crippen molar-refractivity contribution in [2.45, 2.75) is 51.1 Å². The Morgan fingerprint density at radius 3 is 2.60 bits per heavy atom. The highest BCUT2D eigenvalue weighted by Crippen LogP contribution is 2.34. The van der Waals surface area contributed by atoms with Crippen molar-refractivity contribution < 1.29 is 14.7 Å². The van der Waals surface area contributed by atoms with Crippen molar-refractivity contribution in [1.29, 1.82) is 0 Å². The fourth-order valence-electron chi connectivity index (χ4n) is 3.06. The van der Waals surface area contributed by atoms with Crippen molar-refractivity contribution in [1.82, 2.24) is 15.1 Å². The minimum atomic E-state index is -1.02. The minimum Gasteiger partial charge on any atom is -0.479 e. The van der Waals surface area contributed by atoms with Gasteiger partial charge in [0.25, 0.3) is 0 Å². The van der Waals surface area contributed by atoms with E-state index in [1.54, 1.807) is 0 Å². The molecule has 0 saturated carbocycles.